The molecule has 2 N–H and O–H groups in total. The second kappa shape index (κ2) is 8.87. The Bertz CT molecular complexity index is 1110. The molecular formula is C22H19N5O3. The number of pyridine rings is 1. The molecule has 8 nitrogen and oxygen atoms in total. The fourth-order valence-electron chi connectivity index (χ4n) is 2.60. The molecule has 4 rings (SSSR count). The molecule has 0 atom stereocenters. The molecule has 0 aliphatic heterocycles. The average Bonchev–Trinajstić information content (AvgIpc) is 3.23. The minimum Gasteiger partial charge on any atom is -0.484 e. The SMILES string of the molecule is Cc1ccc(-c2nc(NC(=O)COc3ccc(Oc4ccccn4)cc3)n[nH]2)cc1. The lowest BCUT2D eigenvalue weighted by atomic mass is 10.1. The van der Waals surface area contributed by atoms with Crippen LogP contribution in [0, 0.1) is 6.92 Å². The molecular weight excluding hydrogens is 382 g/mol. The summed E-state index contributed by atoms with van der Waals surface area (Å²) in [6, 6.07) is 20.2. The van der Waals surface area contributed by atoms with Crippen molar-refractivity contribution in [2.24, 2.45) is 0 Å². The van der Waals surface area contributed by atoms with Gasteiger partial charge in [0.05, 0.1) is 0 Å². The molecule has 1 amide bonds. The number of nitrogens with one attached hydrogen (secondary N) is 2. The van der Waals surface area contributed by atoms with Crippen molar-refractivity contribution in [2.45, 2.75) is 6.92 Å². The van der Waals surface area contributed by atoms with Gasteiger partial charge in [-0.15, -0.1) is 5.10 Å². The molecule has 8 heteroatoms. The highest BCUT2D eigenvalue weighted by Gasteiger charge is 2.10. The summed E-state index contributed by atoms with van der Waals surface area (Å²) in [7, 11) is 0. The molecule has 0 fully saturated rings. The number of hydrogen-bond donors (Lipinski definition) is 2. The van der Waals surface area contributed by atoms with Crippen LogP contribution in [0.1, 0.15) is 5.56 Å². The van der Waals surface area contributed by atoms with Gasteiger partial charge >= 0.3 is 0 Å². The minimum atomic E-state index is -0.363. The van der Waals surface area contributed by atoms with Crippen molar-refractivity contribution in [1.82, 2.24) is 20.2 Å². The number of benzene rings is 2. The molecule has 30 heavy (non-hydrogen) atoms. The van der Waals surface area contributed by atoms with Gasteiger partial charge in [-0.3, -0.25) is 15.2 Å². The van der Waals surface area contributed by atoms with Crippen LogP contribution in [0.15, 0.2) is 72.9 Å². The Morgan fingerprint density at radius 2 is 1.77 bits per heavy atom. The van der Waals surface area contributed by atoms with Crippen LogP contribution < -0.4 is 14.8 Å². The predicted molar refractivity (Wildman–Crippen MR) is 111 cm³/mol. The maximum absolute atomic E-state index is 12.1. The van der Waals surface area contributed by atoms with Crippen LogP contribution in [0.5, 0.6) is 17.4 Å². The number of carbonyl (C=O) groups excluding carboxylic acids is 1. The zero-order valence-electron chi connectivity index (χ0n) is 16.2. The summed E-state index contributed by atoms with van der Waals surface area (Å²) in [5.41, 5.74) is 2.04. The molecule has 150 valence electrons. The van der Waals surface area contributed by atoms with E-state index in [1.807, 2.05) is 43.3 Å². The van der Waals surface area contributed by atoms with Gasteiger partial charge in [0, 0.05) is 17.8 Å². The fraction of sp³-hybridized carbons (Fsp3) is 0.0909. The number of carbonyl (C=O) groups is 1. The lowest BCUT2D eigenvalue weighted by Gasteiger charge is -2.07. The van der Waals surface area contributed by atoms with Gasteiger partial charge in [0.25, 0.3) is 5.91 Å². The van der Waals surface area contributed by atoms with E-state index in [2.05, 4.69) is 25.5 Å². The van der Waals surface area contributed by atoms with Crippen molar-refractivity contribution in [3.8, 4) is 28.8 Å². The van der Waals surface area contributed by atoms with Crippen molar-refractivity contribution in [1.29, 1.82) is 0 Å². The van der Waals surface area contributed by atoms with Crippen LogP contribution in [0.4, 0.5) is 5.95 Å². The first-order valence-electron chi connectivity index (χ1n) is 9.27. The van der Waals surface area contributed by atoms with Gasteiger partial charge in [0.15, 0.2) is 12.4 Å². The number of aromatic nitrogens is 4. The monoisotopic (exact) mass is 401 g/mol. The molecule has 0 aliphatic rings. The summed E-state index contributed by atoms with van der Waals surface area (Å²) in [6.45, 7) is 1.84. The number of aromatic amines is 1. The first-order chi connectivity index (χ1) is 14.7. The third kappa shape index (κ3) is 4.99. The van der Waals surface area contributed by atoms with Crippen molar-refractivity contribution >= 4 is 11.9 Å². The zero-order valence-corrected chi connectivity index (χ0v) is 16.2. The van der Waals surface area contributed by atoms with Gasteiger partial charge in [0.1, 0.15) is 11.5 Å². The van der Waals surface area contributed by atoms with E-state index in [1.165, 1.54) is 0 Å². The molecule has 0 saturated heterocycles. The van der Waals surface area contributed by atoms with E-state index >= 15 is 0 Å². The van der Waals surface area contributed by atoms with E-state index in [9.17, 15) is 4.79 Å². The molecule has 0 aliphatic carbocycles. The van der Waals surface area contributed by atoms with Crippen molar-refractivity contribution in [3.63, 3.8) is 0 Å². The second-order valence-corrected chi connectivity index (χ2v) is 6.45. The number of aryl methyl sites for hydroxylation is 1. The number of anilines is 1. The third-order valence-corrected chi connectivity index (χ3v) is 4.12. The van der Waals surface area contributed by atoms with Crippen LogP contribution in [0.2, 0.25) is 0 Å². The van der Waals surface area contributed by atoms with E-state index in [0.717, 1.165) is 11.1 Å². The smallest absolute Gasteiger partial charge is 0.264 e. The van der Waals surface area contributed by atoms with Crippen LogP contribution in [-0.2, 0) is 4.79 Å². The first kappa shape index (κ1) is 19.1. The lowest BCUT2D eigenvalue weighted by Crippen LogP contribution is -2.20. The van der Waals surface area contributed by atoms with Gasteiger partial charge in [-0.05, 0) is 37.3 Å². The molecule has 2 aromatic heterocycles. The second-order valence-electron chi connectivity index (χ2n) is 6.45. The Balaban J connectivity index is 1.28. The van der Waals surface area contributed by atoms with E-state index < -0.39 is 0 Å². The number of nitrogens with zero attached hydrogens (tertiary/aromatic N) is 3. The predicted octanol–water partition coefficient (Wildman–Crippen LogP) is 3.98. The third-order valence-electron chi connectivity index (χ3n) is 4.12. The van der Waals surface area contributed by atoms with Crippen molar-refractivity contribution in [2.75, 3.05) is 11.9 Å². The van der Waals surface area contributed by atoms with Gasteiger partial charge in [0.2, 0.25) is 11.8 Å². The Morgan fingerprint density at radius 1 is 1.00 bits per heavy atom. The topological polar surface area (TPSA) is 102 Å². The molecule has 2 aromatic carbocycles. The number of ether oxygens (including phenoxy) is 2. The van der Waals surface area contributed by atoms with Crippen LogP contribution in [0.25, 0.3) is 11.4 Å². The van der Waals surface area contributed by atoms with Crippen molar-refractivity contribution in [3.05, 3.63) is 78.5 Å². The molecule has 4 aromatic rings. The lowest BCUT2D eigenvalue weighted by molar-refractivity contribution is -0.118. The van der Waals surface area contributed by atoms with Gasteiger partial charge in [-0.1, -0.05) is 35.9 Å². The molecule has 2 heterocycles. The largest absolute Gasteiger partial charge is 0.484 e. The minimum absolute atomic E-state index is 0.172. The number of rotatable bonds is 7. The summed E-state index contributed by atoms with van der Waals surface area (Å²) >= 11 is 0. The average molecular weight is 401 g/mol. The maximum Gasteiger partial charge on any atom is 0.264 e. The number of hydrogen-bond acceptors (Lipinski definition) is 6. The normalized spacial score (nSPS) is 10.4. The Morgan fingerprint density at radius 3 is 2.50 bits per heavy atom. The molecule has 0 radical (unpaired) electrons. The summed E-state index contributed by atoms with van der Waals surface area (Å²) < 4.78 is 11.1. The highest BCUT2D eigenvalue weighted by molar-refractivity contribution is 5.90. The molecule has 0 bridgehead atoms. The van der Waals surface area contributed by atoms with E-state index in [1.54, 1.807) is 36.5 Å². The van der Waals surface area contributed by atoms with Crippen LogP contribution >= 0.6 is 0 Å². The maximum atomic E-state index is 12.1. The zero-order chi connectivity index (χ0) is 20.8. The number of H-pyrrole nitrogens is 1. The number of amides is 1. The summed E-state index contributed by atoms with van der Waals surface area (Å²) in [4.78, 5) is 20.5. The summed E-state index contributed by atoms with van der Waals surface area (Å²) in [6.07, 6.45) is 1.66. The molecule has 0 spiro atoms. The van der Waals surface area contributed by atoms with Gasteiger partial charge in [-0.25, -0.2) is 4.98 Å². The summed E-state index contributed by atoms with van der Waals surface area (Å²) in [5, 5.41) is 9.43. The fourth-order valence-corrected chi connectivity index (χ4v) is 2.60. The Labute approximate surface area is 172 Å². The summed E-state index contributed by atoms with van der Waals surface area (Å²) in [5.74, 6) is 2.07. The van der Waals surface area contributed by atoms with Crippen molar-refractivity contribution < 1.29 is 14.3 Å². The Hall–Kier alpha value is -4.20. The van der Waals surface area contributed by atoms with E-state index in [-0.39, 0.29) is 18.5 Å². The highest BCUT2D eigenvalue weighted by atomic mass is 16.5. The van der Waals surface area contributed by atoms with Gasteiger partial charge < -0.3 is 9.47 Å². The van der Waals surface area contributed by atoms with Crippen LogP contribution in [0.3, 0.4) is 0 Å². The standard InChI is InChI=1S/C22H19N5O3/c1-15-5-7-16(8-6-15)21-25-22(27-26-21)24-19(28)14-29-17-9-11-18(12-10-17)30-20-4-2-3-13-23-20/h2-13H,14H2,1H3,(H2,24,25,26,27,28). The van der Waals surface area contributed by atoms with Gasteiger partial charge in [-0.2, -0.15) is 4.98 Å². The first-order valence-corrected chi connectivity index (χ1v) is 9.27. The Kier molecular flexibility index (Phi) is 5.66. The van der Waals surface area contributed by atoms with E-state index in [0.29, 0.717) is 23.2 Å². The highest BCUT2D eigenvalue weighted by Crippen LogP contribution is 2.22. The molecule has 0 saturated carbocycles. The van der Waals surface area contributed by atoms with Crippen LogP contribution in [-0.4, -0.2) is 32.7 Å². The van der Waals surface area contributed by atoms with E-state index in [4.69, 9.17) is 9.47 Å². The molecule has 0 unspecified atom stereocenters. The quantitative estimate of drug-likeness (QED) is 0.486.